The molecule has 0 saturated carbocycles. The lowest BCUT2D eigenvalue weighted by Gasteiger charge is -2.19. The average molecular weight is 454 g/mol. The molecular formula is C22H18BF3N4O3. The molecule has 33 heavy (non-hydrogen) atoms. The van der Waals surface area contributed by atoms with Crippen LogP contribution in [0.4, 0.5) is 24.5 Å². The minimum absolute atomic E-state index is 0.00237. The van der Waals surface area contributed by atoms with E-state index in [1.165, 1.54) is 19.2 Å². The van der Waals surface area contributed by atoms with E-state index in [0.29, 0.717) is 5.69 Å². The maximum absolute atomic E-state index is 13.3. The summed E-state index contributed by atoms with van der Waals surface area (Å²) in [7, 11) is 3.23. The van der Waals surface area contributed by atoms with E-state index in [0.717, 1.165) is 20.7 Å². The number of aryl methyl sites for hydroxylation is 1. The van der Waals surface area contributed by atoms with Gasteiger partial charge in [0.2, 0.25) is 0 Å². The molecule has 2 heterocycles. The lowest BCUT2D eigenvalue weighted by molar-refractivity contribution is -0.141. The summed E-state index contributed by atoms with van der Waals surface area (Å²) in [4.78, 5) is 39.1. The molecule has 0 radical (unpaired) electrons. The third-order valence-corrected chi connectivity index (χ3v) is 5.18. The van der Waals surface area contributed by atoms with Crippen LogP contribution in [0.5, 0.6) is 0 Å². The molecule has 0 bridgehead atoms. The van der Waals surface area contributed by atoms with Gasteiger partial charge in [-0.1, -0.05) is 35.8 Å². The van der Waals surface area contributed by atoms with Crippen molar-refractivity contribution < 1.29 is 13.2 Å². The Kier molecular flexibility index (Phi) is 5.48. The molecule has 0 aliphatic rings. The minimum Gasteiger partial charge on any atom is -0.355 e. The van der Waals surface area contributed by atoms with Crippen molar-refractivity contribution in [3.8, 4) is 5.69 Å². The maximum atomic E-state index is 13.3. The zero-order valence-corrected chi connectivity index (χ0v) is 17.7. The van der Waals surface area contributed by atoms with Crippen LogP contribution in [-0.2, 0) is 13.6 Å². The molecule has 2 aromatic heterocycles. The van der Waals surface area contributed by atoms with Crippen LogP contribution in [-0.4, -0.2) is 27.7 Å². The number of rotatable bonds is 4. The Morgan fingerprint density at radius 1 is 0.970 bits per heavy atom. The summed E-state index contributed by atoms with van der Waals surface area (Å²) in [5, 5.41) is 2.73. The molecule has 7 nitrogen and oxygen atoms in total. The first kappa shape index (κ1) is 22.2. The van der Waals surface area contributed by atoms with Gasteiger partial charge in [0.25, 0.3) is 11.1 Å². The van der Waals surface area contributed by atoms with Crippen molar-refractivity contribution in [1.29, 1.82) is 0 Å². The van der Waals surface area contributed by atoms with Crippen LogP contribution >= 0.6 is 0 Å². The molecular weight excluding hydrogens is 436 g/mol. The largest absolute Gasteiger partial charge is 0.406 e. The molecule has 0 saturated heterocycles. The number of anilines is 2. The lowest BCUT2D eigenvalue weighted by atomic mass is 9.96. The summed E-state index contributed by atoms with van der Waals surface area (Å²) in [5.41, 5.74) is -1.29. The molecule has 2 aromatic carbocycles. The Bertz CT molecular complexity index is 1520. The van der Waals surface area contributed by atoms with Crippen molar-refractivity contribution in [1.82, 2.24) is 13.7 Å². The normalized spacial score (nSPS) is 11.6. The van der Waals surface area contributed by atoms with Gasteiger partial charge < -0.3 is 5.32 Å². The molecule has 168 valence electrons. The van der Waals surface area contributed by atoms with Gasteiger partial charge in [0.1, 0.15) is 25.4 Å². The van der Waals surface area contributed by atoms with E-state index in [1.54, 1.807) is 42.5 Å². The van der Waals surface area contributed by atoms with Crippen LogP contribution in [0.15, 0.2) is 75.0 Å². The fraction of sp³-hybridized carbons (Fsp3) is 0.136. The highest BCUT2D eigenvalue weighted by Gasteiger charge is 2.32. The van der Waals surface area contributed by atoms with Crippen molar-refractivity contribution in [3.05, 3.63) is 91.9 Å². The summed E-state index contributed by atoms with van der Waals surface area (Å²) < 4.78 is 42.0. The Morgan fingerprint density at radius 3 is 2.21 bits per heavy atom. The second-order valence-corrected chi connectivity index (χ2v) is 7.60. The van der Waals surface area contributed by atoms with Gasteiger partial charge in [0.05, 0.1) is 11.4 Å². The average Bonchev–Trinajstić information content (AvgIpc) is 2.76. The van der Waals surface area contributed by atoms with E-state index in [9.17, 15) is 27.6 Å². The van der Waals surface area contributed by atoms with Gasteiger partial charge >= 0.3 is 11.9 Å². The molecule has 0 spiro atoms. The van der Waals surface area contributed by atoms with Crippen LogP contribution < -0.4 is 27.6 Å². The first-order chi connectivity index (χ1) is 15.6. The quantitative estimate of drug-likeness (QED) is 0.474. The van der Waals surface area contributed by atoms with Gasteiger partial charge in [0, 0.05) is 18.8 Å². The molecule has 0 fully saturated rings. The second kappa shape index (κ2) is 8.16. The first-order valence-corrected chi connectivity index (χ1v) is 9.92. The van der Waals surface area contributed by atoms with Crippen molar-refractivity contribution >= 4 is 35.7 Å². The number of fused-ring (bicyclic) bond motifs is 1. The number of hydrogen-bond acceptors (Lipinski definition) is 4. The maximum Gasteiger partial charge on any atom is 0.406 e. The highest BCUT2D eigenvalue weighted by atomic mass is 19.4. The molecule has 0 unspecified atom stereocenters. The van der Waals surface area contributed by atoms with Gasteiger partial charge in [-0.05, 0) is 24.3 Å². The van der Waals surface area contributed by atoms with E-state index >= 15 is 0 Å². The fourth-order valence-electron chi connectivity index (χ4n) is 3.61. The number of pyridine rings is 1. The summed E-state index contributed by atoms with van der Waals surface area (Å²) in [6, 6.07) is 16.0. The standard InChI is InChI=1S/C22H18BF3N4O3/c1-28-17(31)11-16(27-14-9-7-13(23)8-10-14)18-19(28)30(15-5-3-2-4-6-15)21(33)29(20(18)32)12-22(24,25)26/h2-11,27H,12,23H2,1H3. The smallest absolute Gasteiger partial charge is 0.355 e. The SMILES string of the molecule is Bc1ccc(Nc2cc(=O)n(C)c3c2c(=O)n(CC(F)(F)F)c(=O)n3-c2ccccc2)cc1. The molecule has 0 aliphatic carbocycles. The Morgan fingerprint density at radius 2 is 1.61 bits per heavy atom. The highest BCUT2D eigenvalue weighted by molar-refractivity contribution is 6.32. The van der Waals surface area contributed by atoms with E-state index in [1.807, 2.05) is 7.85 Å². The zero-order valence-electron chi connectivity index (χ0n) is 17.7. The third kappa shape index (κ3) is 4.21. The number of alkyl halides is 3. The molecule has 0 atom stereocenters. The monoisotopic (exact) mass is 454 g/mol. The van der Waals surface area contributed by atoms with Gasteiger partial charge in [0.15, 0.2) is 0 Å². The summed E-state index contributed by atoms with van der Waals surface area (Å²) in [5.74, 6) is 0. The Balaban J connectivity index is 2.15. The zero-order chi connectivity index (χ0) is 23.9. The molecule has 1 N–H and O–H groups in total. The number of benzene rings is 2. The molecule has 4 aromatic rings. The van der Waals surface area contributed by atoms with Crippen molar-refractivity contribution in [3.63, 3.8) is 0 Å². The van der Waals surface area contributed by atoms with E-state index in [-0.39, 0.29) is 27.0 Å². The van der Waals surface area contributed by atoms with Crippen LogP contribution in [0.25, 0.3) is 16.7 Å². The molecule has 11 heteroatoms. The summed E-state index contributed by atoms with van der Waals surface area (Å²) in [6.07, 6.45) is -4.81. The number of halogens is 3. The first-order valence-electron chi connectivity index (χ1n) is 9.92. The highest BCUT2D eigenvalue weighted by Crippen LogP contribution is 2.24. The van der Waals surface area contributed by atoms with E-state index in [4.69, 9.17) is 0 Å². The van der Waals surface area contributed by atoms with Crippen molar-refractivity contribution in [2.24, 2.45) is 7.05 Å². The van der Waals surface area contributed by atoms with Crippen molar-refractivity contribution in [2.75, 3.05) is 5.32 Å². The number of para-hydroxylation sites is 1. The minimum atomic E-state index is -4.81. The van der Waals surface area contributed by atoms with Gasteiger partial charge in [-0.25, -0.2) is 9.36 Å². The van der Waals surface area contributed by atoms with Gasteiger partial charge in [-0.3, -0.25) is 18.7 Å². The molecule has 0 aliphatic heterocycles. The topological polar surface area (TPSA) is 78.0 Å². The molecule has 4 rings (SSSR count). The Labute approximate surface area is 185 Å². The third-order valence-electron chi connectivity index (χ3n) is 5.18. The second-order valence-electron chi connectivity index (χ2n) is 7.60. The van der Waals surface area contributed by atoms with Crippen LogP contribution in [0.3, 0.4) is 0 Å². The van der Waals surface area contributed by atoms with E-state index < -0.39 is 29.5 Å². The number of nitrogens with zero attached hydrogens (tertiary/aromatic N) is 3. The van der Waals surface area contributed by atoms with Gasteiger partial charge in [-0.2, -0.15) is 13.2 Å². The number of aromatic nitrogens is 3. The summed E-state index contributed by atoms with van der Waals surface area (Å²) in [6.45, 7) is -1.76. The number of nitrogens with one attached hydrogen (secondary N) is 1. The van der Waals surface area contributed by atoms with E-state index in [2.05, 4.69) is 5.32 Å². The van der Waals surface area contributed by atoms with Crippen LogP contribution in [0, 0.1) is 0 Å². The predicted octanol–water partition coefficient (Wildman–Crippen LogP) is 1.42. The van der Waals surface area contributed by atoms with Crippen LogP contribution in [0.1, 0.15) is 0 Å². The fourth-order valence-corrected chi connectivity index (χ4v) is 3.61. The Hall–Kier alpha value is -4.02. The van der Waals surface area contributed by atoms with Crippen LogP contribution in [0.2, 0.25) is 0 Å². The summed E-state index contributed by atoms with van der Waals surface area (Å²) >= 11 is 0. The molecule has 0 amide bonds. The predicted molar refractivity (Wildman–Crippen MR) is 123 cm³/mol. The van der Waals surface area contributed by atoms with Gasteiger partial charge in [-0.15, -0.1) is 0 Å². The lowest BCUT2D eigenvalue weighted by Crippen LogP contribution is -2.44. The van der Waals surface area contributed by atoms with Crippen molar-refractivity contribution in [2.45, 2.75) is 12.7 Å². The number of hydrogen-bond donors (Lipinski definition) is 1.